The molecule has 28 heavy (non-hydrogen) atoms. The molecule has 0 spiro atoms. The van der Waals surface area contributed by atoms with Crippen LogP contribution in [0.3, 0.4) is 0 Å². The first-order valence-corrected chi connectivity index (χ1v) is 10.5. The Balaban J connectivity index is 1.76. The third kappa shape index (κ3) is 4.20. The van der Waals surface area contributed by atoms with E-state index in [0.29, 0.717) is 10.6 Å². The molecule has 3 aromatic rings. The van der Waals surface area contributed by atoms with Crippen LogP contribution in [0.4, 0.5) is 17.6 Å². The first-order valence-electron chi connectivity index (χ1n) is 8.11. The predicted octanol–water partition coefficient (Wildman–Crippen LogP) is 0.933. The van der Waals surface area contributed by atoms with E-state index in [2.05, 4.69) is 20.1 Å². The lowest BCUT2D eigenvalue weighted by molar-refractivity contribution is 0.0951. The molecule has 0 aliphatic heterocycles. The standard InChI is InChI=1S/C16H18N6O4S2/c1-10-6-9-27-13(10)14(24)22-15(17)20-16(21-22)19-11-2-4-12(5-3-11)28(25,26)18-7-8-23/h2-6,9,18,23H,7-8H2,1H3,(H3,17,19,20,21). The molecule has 0 aliphatic rings. The molecule has 0 saturated carbocycles. The number of rotatable bonds is 7. The first kappa shape index (κ1) is 19.9. The number of carbonyl (C=O) groups is 1. The Bertz CT molecular complexity index is 1090. The molecule has 12 heteroatoms. The Kier molecular flexibility index (Phi) is 5.74. The van der Waals surface area contributed by atoms with E-state index in [0.717, 1.165) is 10.2 Å². The number of carbonyl (C=O) groups excluding carboxylic acids is 1. The molecule has 0 amide bonds. The minimum Gasteiger partial charge on any atom is -0.395 e. The number of aliphatic hydroxyl groups is 1. The highest BCUT2D eigenvalue weighted by atomic mass is 32.2. The molecule has 2 heterocycles. The van der Waals surface area contributed by atoms with Crippen molar-refractivity contribution in [2.24, 2.45) is 0 Å². The van der Waals surface area contributed by atoms with Crippen LogP contribution in [0.15, 0.2) is 40.6 Å². The lowest BCUT2D eigenvalue weighted by Gasteiger charge is -2.06. The van der Waals surface area contributed by atoms with Crippen molar-refractivity contribution in [3.05, 3.63) is 46.2 Å². The minimum absolute atomic E-state index is 0.0489. The number of hydrogen-bond acceptors (Lipinski definition) is 9. The Hall–Kier alpha value is -2.80. The van der Waals surface area contributed by atoms with Crippen LogP contribution in [-0.4, -0.2) is 47.3 Å². The van der Waals surface area contributed by atoms with Gasteiger partial charge in [0.05, 0.1) is 16.4 Å². The average molecular weight is 422 g/mol. The van der Waals surface area contributed by atoms with Crippen LogP contribution < -0.4 is 15.8 Å². The number of nitrogen functional groups attached to an aromatic ring is 1. The van der Waals surface area contributed by atoms with Gasteiger partial charge in [0.25, 0.3) is 5.91 Å². The molecule has 0 atom stereocenters. The van der Waals surface area contributed by atoms with Gasteiger partial charge in [0, 0.05) is 12.2 Å². The van der Waals surface area contributed by atoms with Crippen LogP contribution in [-0.2, 0) is 10.0 Å². The highest BCUT2D eigenvalue weighted by molar-refractivity contribution is 7.89. The number of nitrogens with two attached hydrogens (primary N) is 1. The predicted molar refractivity (Wildman–Crippen MR) is 105 cm³/mol. The molecule has 2 aromatic heterocycles. The second-order valence-corrected chi connectivity index (χ2v) is 8.40. The Morgan fingerprint density at radius 1 is 1.29 bits per heavy atom. The van der Waals surface area contributed by atoms with Gasteiger partial charge in [0.15, 0.2) is 0 Å². The van der Waals surface area contributed by atoms with Crippen molar-refractivity contribution in [2.75, 3.05) is 24.2 Å². The Labute approximate surface area is 165 Å². The van der Waals surface area contributed by atoms with Gasteiger partial charge in [-0.3, -0.25) is 4.79 Å². The molecule has 10 nitrogen and oxygen atoms in total. The van der Waals surface area contributed by atoms with Crippen LogP contribution >= 0.6 is 11.3 Å². The normalized spacial score (nSPS) is 11.5. The second kappa shape index (κ2) is 8.06. The molecule has 0 unspecified atom stereocenters. The SMILES string of the molecule is Cc1ccsc1C(=O)n1nc(Nc2ccc(S(=O)(=O)NCCO)cc2)nc1N. The van der Waals surface area contributed by atoms with E-state index in [4.69, 9.17) is 10.8 Å². The van der Waals surface area contributed by atoms with Gasteiger partial charge in [0.2, 0.25) is 21.9 Å². The van der Waals surface area contributed by atoms with Gasteiger partial charge >= 0.3 is 0 Å². The van der Waals surface area contributed by atoms with Crippen molar-refractivity contribution in [1.29, 1.82) is 0 Å². The molecular weight excluding hydrogens is 404 g/mol. The number of nitrogens with zero attached hydrogens (tertiary/aromatic N) is 3. The van der Waals surface area contributed by atoms with Crippen molar-refractivity contribution >= 4 is 44.9 Å². The zero-order valence-corrected chi connectivity index (χ0v) is 16.4. The maximum Gasteiger partial charge on any atom is 0.291 e. The number of aryl methyl sites for hydroxylation is 1. The summed E-state index contributed by atoms with van der Waals surface area (Å²) in [6.07, 6.45) is 0. The first-order chi connectivity index (χ1) is 13.3. The second-order valence-electron chi connectivity index (χ2n) is 5.71. The summed E-state index contributed by atoms with van der Waals surface area (Å²) in [6.45, 7) is 1.46. The van der Waals surface area contributed by atoms with E-state index in [-0.39, 0.29) is 35.9 Å². The van der Waals surface area contributed by atoms with Crippen molar-refractivity contribution < 1.29 is 18.3 Å². The number of benzene rings is 1. The average Bonchev–Trinajstić information content (AvgIpc) is 3.25. The number of thiophene rings is 1. The summed E-state index contributed by atoms with van der Waals surface area (Å²) < 4.78 is 27.3. The van der Waals surface area contributed by atoms with Crippen molar-refractivity contribution in [1.82, 2.24) is 19.5 Å². The van der Waals surface area contributed by atoms with E-state index < -0.39 is 10.0 Å². The Morgan fingerprint density at radius 3 is 2.61 bits per heavy atom. The highest BCUT2D eigenvalue weighted by Gasteiger charge is 2.19. The summed E-state index contributed by atoms with van der Waals surface area (Å²) in [5, 5.41) is 17.5. The fourth-order valence-electron chi connectivity index (χ4n) is 2.32. The molecule has 3 rings (SSSR count). The van der Waals surface area contributed by atoms with Gasteiger partial charge in [-0.1, -0.05) is 0 Å². The van der Waals surface area contributed by atoms with Crippen molar-refractivity contribution in [3.8, 4) is 0 Å². The van der Waals surface area contributed by atoms with E-state index in [1.807, 2.05) is 13.0 Å². The third-order valence-electron chi connectivity index (χ3n) is 3.71. The molecule has 0 bridgehead atoms. The fourth-order valence-corrected chi connectivity index (χ4v) is 4.19. The van der Waals surface area contributed by atoms with Crippen LogP contribution in [0.2, 0.25) is 0 Å². The van der Waals surface area contributed by atoms with E-state index in [9.17, 15) is 13.2 Å². The van der Waals surface area contributed by atoms with Gasteiger partial charge in [-0.05, 0) is 48.2 Å². The molecule has 148 valence electrons. The third-order valence-corrected chi connectivity index (χ3v) is 6.19. The molecule has 0 fully saturated rings. The number of aromatic nitrogens is 3. The summed E-state index contributed by atoms with van der Waals surface area (Å²) in [6, 6.07) is 7.66. The van der Waals surface area contributed by atoms with Gasteiger partial charge in [-0.25, -0.2) is 13.1 Å². The molecular formula is C16H18N6O4S2. The van der Waals surface area contributed by atoms with Gasteiger partial charge in [-0.15, -0.1) is 16.4 Å². The van der Waals surface area contributed by atoms with Crippen LogP contribution in [0, 0.1) is 6.92 Å². The highest BCUT2D eigenvalue weighted by Crippen LogP contribution is 2.21. The smallest absolute Gasteiger partial charge is 0.291 e. The summed E-state index contributed by atoms with van der Waals surface area (Å²) in [4.78, 5) is 17.1. The number of hydrogen-bond donors (Lipinski definition) is 4. The van der Waals surface area contributed by atoms with Gasteiger partial charge in [-0.2, -0.15) is 9.67 Å². The van der Waals surface area contributed by atoms with Crippen LogP contribution in [0.1, 0.15) is 15.2 Å². The quantitative estimate of drug-likeness (QED) is 0.439. The lowest BCUT2D eigenvalue weighted by Crippen LogP contribution is -2.26. The number of anilines is 3. The largest absolute Gasteiger partial charge is 0.395 e. The zero-order valence-electron chi connectivity index (χ0n) is 14.8. The molecule has 1 aromatic carbocycles. The minimum atomic E-state index is -3.69. The number of nitrogens with one attached hydrogen (secondary N) is 2. The van der Waals surface area contributed by atoms with Gasteiger partial charge in [0.1, 0.15) is 0 Å². The number of sulfonamides is 1. The van der Waals surface area contributed by atoms with E-state index >= 15 is 0 Å². The molecule has 0 radical (unpaired) electrons. The van der Waals surface area contributed by atoms with Crippen molar-refractivity contribution in [2.45, 2.75) is 11.8 Å². The molecule has 5 N–H and O–H groups in total. The van der Waals surface area contributed by atoms with Gasteiger partial charge < -0.3 is 16.2 Å². The summed E-state index contributed by atoms with van der Waals surface area (Å²) in [5.41, 5.74) is 7.14. The number of aliphatic hydroxyl groups excluding tert-OH is 1. The maximum absolute atomic E-state index is 12.5. The molecule has 0 saturated heterocycles. The monoisotopic (exact) mass is 422 g/mol. The zero-order chi connectivity index (χ0) is 20.3. The summed E-state index contributed by atoms with van der Waals surface area (Å²) >= 11 is 1.29. The fraction of sp³-hybridized carbons (Fsp3) is 0.188. The summed E-state index contributed by atoms with van der Waals surface area (Å²) in [7, 11) is -3.69. The Morgan fingerprint density at radius 2 is 2.00 bits per heavy atom. The van der Waals surface area contributed by atoms with E-state index in [1.165, 1.54) is 35.6 Å². The maximum atomic E-state index is 12.5. The molecule has 0 aliphatic carbocycles. The van der Waals surface area contributed by atoms with E-state index in [1.54, 1.807) is 5.38 Å². The lowest BCUT2D eigenvalue weighted by atomic mass is 10.3. The summed E-state index contributed by atoms with van der Waals surface area (Å²) in [5.74, 6) is -0.330. The topological polar surface area (TPSA) is 152 Å². The van der Waals surface area contributed by atoms with Crippen LogP contribution in [0.5, 0.6) is 0 Å². The van der Waals surface area contributed by atoms with Crippen LogP contribution in [0.25, 0.3) is 0 Å². The van der Waals surface area contributed by atoms with Crippen molar-refractivity contribution in [3.63, 3.8) is 0 Å².